The molecule has 0 fully saturated rings. The van der Waals surface area contributed by atoms with Crippen LogP contribution < -0.4 is 5.73 Å². The minimum Gasteiger partial charge on any atom is -0.319 e. The number of hydrogen-bond acceptors (Lipinski definition) is 4. The van der Waals surface area contributed by atoms with Crippen LogP contribution in [0.15, 0.2) is 24.7 Å². The van der Waals surface area contributed by atoms with Gasteiger partial charge in [-0.05, 0) is 6.07 Å². The maximum absolute atomic E-state index is 13.2. The first-order valence-corrected chi connectivity index (χ1v) is 3.99. The lowest BCUT2D eigenvalue weighted by molar-refractivity contribution is 0.590. The van der Waals surface area contributed by atoms with Crippen molar-refractivity contribution in [3.8, 4) is 0 Å². The van der Waals surface area contributed by atoms with Crippen molar-refractivity contribution in [1.29, 1.82) is 0 Å². The van der Waals surface area contributed by atoms with E-state index in [0.29, 0.717) is 11.3 Å². The van der Waals surface area contributed by atoms with E-state index in [1.165, 1.54) is 18.5 Å². The minimum absolute atomic E-state index is 0.355. The fourth-order valence-electron chi connectivity index (χ4n) is 1.16. The lowest BCUT2D eigenvalue weighted by Gasteiger charge is -2.08. The molecule has 2 rings (SSSR count). The second-order valence-electron chi connectivity index (χ2n) is 2.77. The summed E-state index contributed by atoms with van der Waals surface area (Å²) >= 11 is 0. The minimum atomic E-state index is -0.614. The van der Waals surface area contributed by atoms with Gasteiger partial charge in [-0.2, -0.15) is 15.4 Å². The lowest BCUT2D eigenvalue weighted by atomic mass is 10.1. The zero-order valence-corrected chi connectivity index (χ0v) is 7.18. The largest absolute Gasteiger partial charge is 0.319 e. The Hall–Kier alpha value is -1.82. The maximum atomic E-state index is 13.2. The van der Waals surface area contributed by atoms with Gasteiger partial charge in [-0.3, -0.25) is 4.98 Å². The van der Waals surface area contributed by atoms with Crippen LogP contribution in [0.2, 0.25) is 0 Å². The van der Waals surface area contributed by atoms with Crippen molar-refractivity contribution in [1.82, 2.24) is 20.4 Å². The van der Waals surface area contributed by atoms with Crippen LogP contribution in [0.4, 0.5) is 4.39 Å². The van der Waals surface area contributed by atoms with E-state index >= 15 is 0 Å². The average Bonchev–Trinajstić information content (AvgIpc) is 2.70. The highest BCUT2D eigenvalue weighted by molar-refractivity contribution is 5.24. The number of halogens is 1. The molecule has 2 aromatic rings. The van der Waals surface area contributed by atoms with Crippen LogP contribution in [-0.4, -0.2) is 20.4 Å². The Kier molecular flexibility index (Phi) is 2.19. The van der Waals surface area contributed by atoms with E-state index in [0.717, 1.165) is 6.20 Å². The van der Waals surface area contributed by atoms with E-state index in [1.807, 2.05) is 0 Å². The highest BCUT2D eigenvalue weighted by Gasteiger charge is 2.15. The van der Waals surface area contributed by atoms with Gasteiger partial charge in [-0.25, -0.2) is 4.39 Å². The number of aromatic nitrogens is 4. The molecular formula is C8H8FN5. The van der Waals surface area contributed by atoms with Crippen LogP contribution in [0.25, 0.3) is 0 Å². The lowest BCUT2D eigenvalue weighted by Crippen LogP contribution is -2.14. The molecule has 0 aliphatic heterocycles. The molecule has 0 aliphatic rings. The molecule has 72 valence electrons. The third kappa shape index (κ3) is 1.47. The number of nitrogens with one attached hydrogen (secondary N) is 1. The molecule has 6 heteroatoms. The molecule has 2 heterocycles. The summed E-state index contributed by atoms with van der Waals surface area (Å²) in [4.78, 5) is 3.63. The molecule has 14 heavy (non-hydrogen) atoms. The number of pyridine rings is 1. The summed E-state index contributed by atoms with van der Waals surface area (Å²) in [6.07, 6.45) is 4.07. The number of nitrogens with two attached hydrogens (primary N) is 1. The molecule has 1 unspecified atom stereocenters. The molecule has 0 aromatic carbocycles. The SMILES string of the molecule is NC(c1cn[nH]n1)c1ccncc1F. The summed E-state index contributed by atoms with van der Waals surface area (Å²) in [6, 6.07) is 0.908. The van der Waals surface area contributed by atoms with Crippen molar-refractivity contribution in [3.63, 3.8) is 0 Å². The molecule has 1 atom stereocenters. The first-order chi connectivity index (χ1) is 6.79. The fraction of sp³-hybridized carbons (Fsp3) is 0.125. The zero-order valence-electron chi connectivity index (χ0n) is 7.18. The number of nitrogens with zero attached hydrogens (tertiary/aromatic N) is 3. The molecule has 3 N–H and O–H groups in total. The second kappa shape index (κ2) is 3.51. The number of rotatable bonds is 2. The van der Waals surface area contributed by atoms with Gasteiger partial charge in [0.15, 0.2) is 0 Å². The van der Waals surface area contributed by atoms with E-state index in [-0.39, 0.29) is 0 Å². The van der Waals surface area contributed by atoms with Crippen molar-refractivity contribution < 1.29 is 4.39 Å². The summed E-state index contributed by atoms with van der Waals surface area (Å²) in [5.41, 5.74) is 6.62. The molecule has 0 saturated carbocycles. The van der Waals surface area contributed by atoms with Crippen molar-refractivity contribution in [3.05, 3.63) is 41.7 Å². The maximum Gasteiger partial charge on any atom is 0.146 e. The third-order valence-electron chi connectivity index (χ3n) is 1.89. The summed E-state index contributed by atoms with van der Waals surface area (Å²) in [5, 5.41) is 9.81. The molecule has 0 saturated heterocycles. The molecule has 0 amide bonds. The number of aromatic amines is 1. The summed E-state index contributed by atoms with van der Waals surface area (Å²) < 4.78 is 13.2. The van der Waals surface area contributed by atoms with Crippen LogP contribution in [-0.2, 0) is 0 Å². The molecule has 0 aliphatic carbocycles. The number of hydrogen-bond donors (Lipinski definition) is 2. The third-order valence-corrected chi connectivity index (χ3v) is 1.89. The van der Waals surface area contributed by atoms with Gasteiger partial charge in [-0.1, -0.05) is 0 Å². The van der Waals surface area contributed by atoms with Crippen LogP contribution in [0, 0.1) is 5.82 Å². The predicted molar refractivity (Wildman–Crippen MR) is 46.6 cm³/mol. The molecule has 5 nitrogen and oxygen atoms in total. The van der Waals surface area contributed by atoms with E-state index in [4.69, 9.17) is 5.73 Å². The van der Waals surface area contributed by atoms with E-state index in [9.17, 15) is 4.39 Å². The highest BCUT2D eigenvalue weighted by Crippen LogP contribution is 2.18. The Morgan fingerprint density at radius 3 is 2.93 bits per heavy atom. The van der Waals surface area contributed by atoms with E-state index < -0.39 is 11.9 Å². The molecule has 0 radical (unpaired) electrons. The second-order valence-corrected chi connectivity index (χ2v) is 2.77. The molecule has 0 spiro atoms. The average molecular weight is 193 g/mol. The number of H-pyrrole nitrogens is 1. The smallest absolute Gasteiger partial charge is 0.146 e. The van der Waals surface area contributed by atoms with Gasteiger partial charge in [0.1, 0.15) is 11.5 Å². The van der Waals surface area contributed by atoms with Gasteiger partial charge in [0, 0.05) is 11.8 Å². The van der Waals surface area contributed by atoms with Crippen molar-refractivity contribution in [2.24, 2.45) is 5.73 Å². The molecule has 0 bridgehead atoms. The van der Waals surface area contributed by atoms with Gasteiger partial charge in [0.25, 0.3) is 0 Å². The molecule has 2 aromatic heterocycles. The normalized spacial score (nSPS) is 12.7. The van der Waals surface area contributed by atoms with Crippen LogP contribution in [0.1, 0.15) is 17.3 Å². The zero-order chi connectivity index (χ0) is 9.97. The molecular weight excluding hydrogens is 185 g/mol. The van der Waals surface area contributed by atoms with Crippen molar-refractivity contribution in [2.75, 3.05) is 0 Å². The summed E-state index contributed by atoms with van der Waals surface area (Å²) in [6.45, 7) is 0. The Morgan fingerprint density at radius 2 is 2.29 bits per heavy atom. The standard InChI is InChI=1S/C8H8FN5/c9-6-3-11-2-1-5(6)8(10)7-4-12-14-13-7/h1-4,8H,10H2,(H,12,13,14). The monoisotopic (exact) mass is 193 g/mol. The first-order valence-electron chi connectivity index (χ1n) is 3.99. The van der Waals surface area contributed by atoms with Gasteiger partial charge in [-0.15, -0.1) is 0 Å². The Morgan fingerprint density at radius 1 is 1.43 bits per heavy atom. The Bertz CT molecular complexity index is 413. The fourth-order valence-corrected chi connectivity index (χ4v) is 1.16. The van der Waals surface area contributed by atoms with Gasteiger partial charge in [0.05, 0.1) is 18.4 Å². The van der Waals surface area contributed by atoms with E-state index in [1.54, 1.807) is 0 Å². The van der Waals surface area contributed by atoms with Crippen molar-refractivity contribution >= 4 is 0 Å². The Balaban J connectivity index is 2.37. The summed E-state index contributed by atoms with van der Waals surface area (Å²) in [5.74, 6) is -0.442. The topological polar surface area (TPSA) is 80.5 Å². The Labute approximate surface area is 79.2 Å². The first kappa shape index (κ1) is 8.76. The predicted octanol–water partition coefficient (Wildman–Crippen LogP) is 0.387. The highest BCUT2D eigenvalue weighted by atomic mass is 19.1. The van der Waals surface area contributed by atoms with Crippen LogP contribution in [0.3, 0.4) is 0 Å². The van der Waals surface area contributed by atoms with Gasteiger partial charge in [0.2, 0.25) is 0 Å². The van der Waals surface area contributed by atoms with Crippen LogP contribution in [0.5, 0.6) is 0 Å². The van der Waals surface area contributed by atoms with E-state index in [2.05, 4.69) is 20.4 Å². The van der Waals surface area contributed by atoms with Crippen molar-refractivity contribution in [2.45, 2.75) is 6.04 Å². The van der Waals surface area contributed by atoms with Gasteiger partial charge >= 0.3 is 0 Å². The quantitative estimate of drug-likeness (QED) is 0.722. The van der Waals surface area contributed by atoms with Gasteiger partial charge < -0.3 is 5.73 Å². The summed E-state index contributed by atoms with van der Waals surface area (Å²) in [7, 11) is 0. The van der Waals surface area contributed by atoms with Crippen LogP contribution >= 0.6 is 0 Å².